The Labute approximate surface area is 200 Å². The van der Waals surface area contributed by atoms with E-state index in [1.54, 1.807) is 13.3 Å². The first kappa shape index (κ1) is 23.8. The second-order valence-electron chi connectivity index (χ2n) is 8.85. The summed E-state index contributed by atoms with van der Waals surface area (Å²) < 4.78 is 11.4. The Bertz CT molecular complexity index is 1050. The highest BCUT2D eigenvalue weighted by Gasteiger charge is 2.39. The summed E-state index contributed by atoms with van der Waals surface area (Å²) in [6, 6.07) is 6.02. The lowest BCUT2D eigenvalue weighted by atomic mass is 10.2. The third kappa shape index (κ3) is 5.23. The lowest BCUT2D eigenvalue weighted by Gasteiger charge is -2.28. The second-order valence-corrected chi connectivity index (χ2v) is 8.85. The van der Waals surface area contributed by atoms with Gasteiger partial charge in [-0.05, 0) is 38.7 Å². The minimum Gasteiger partial charge on any atom is -0.494 e. The Balaban J connectivity index is 1.62. The van der Waals surface area contributed by atoms with Crippen LogP contribution in [0.5, 0.6) is 5.75 Å². The predicted molar refractivity (Wildman–Crippen MR) is 134 cm³/mol. The van der Waals surface area contributed by atoms with E-state index in [1.165, 1.54) is 6.08 Å². The molecule has 3 heterocycles. The van der Waals surface area contributed by atoms with Crippen LogP contribution in [0.2, 0.25) is 0 Å². The fraction of sp³-hybridized carbons (Fsp3) is 0.458. The highest BCUT2D eigenvalue weighted by molar-refractivity contribution is 6.02. The average molecular weight is 468 g/mol. The van der Waals surface area contributed by atoms with Gasteiger partial charge in [-0.3, -0.25) is 4.79 Å². The number of ether oxygens (including phenoxy) is 2. The highest BCUT2D eigenvalue weighted by atomic mass is 16.5. The van der Waals surface area contributed by atoms with Gasteiger partial charge in [-0.1, -0.05) is 6.58 Å². The smallest absolute Gasteiger partial charge is 0.247 e. The van der Waals surface area contributed by atoms with Crippen molar-refractivity contribution in [3.63, 3.8) is 0 Å². The lowest BCUT2D eigenvalue weighted by Crippen LogP contribution is -2.37. The number of benzene rings is 1. The van der Waals surface area contributed by atoms with Gasteiger partial charge in [-0.15, -0.1) is 0 Å². The molecule has 1 amide bonds. The molecule has 182 valence electrons. The van der Waals surface area contributed by atoms with Gasteiger partial charge in [0.25, 0.3) is 0 Å². The number of hydrogen-bond donors (Lipinski definition) is 2. The molecule has 1 aromatic heterocycles. The van der Waals surface area contributed by atoms with Crippen molar-refractivity contribution in [3.8, 4) is 5.75 Å². The minimum atomic E-state index is -0.289. The van der Waals surface area contributed by atoms with Gasteiger partial charge in [0.2, 0.25) is 11.9 Å². The molecule has 0 radical (unpaired) electrons. The van der Waals surface area contributed by atoms with E-state index in [4.69, 9.17) is 14.5 Å². The van der Waals surface area contributed by atoms with Gasteiger partial charge in [0.15, 0.2) is 0 Å². The number of likely N-dealkylation sites (N-methyl/N-ethyl adjacent to an activating group) is 2. The van der Waals surface area contributed by atoms with Gasteiger partial charge in [0, 0.05) is 38.9 Å². The van der Waals surface area contributed by atoms with Gasteiger partial charge < -0.3 is 34.8 Å². The molecule has 2 aromatic rings. The summed E-state index contributed by atoms with van der Waals surface area (Å²) in [4.78, 5) is 27.7. The van der Waals surface area contributed by atoms with E-state index in [0.29, 0.717) is 29.1 Å². The molecule has 4 rings (SSSR count). The standard InChI is InChI=1S/C24H33N7O3/c1-6-23(32)26-18-12-19(21(33-5)13-20(18)30(4)10-9-29(2)3)27-24-25-8-7-22(28-24)31-14-17-11-16(31)15-34-17/h6-8,12-13,16-17H,1,9-11,14-15H2,2-5H3,(H,26,32)(H,25,27,28)/t16-,17-/m0/s1. The van der Waals surface area contributed by atoms with Crippen LogP contribution in [0.1, 0.15) is 6.42 Å². The number of nitrogens with zero attached hydrogens (tertiary/aromatic N) is 5. The summed E-state index contributed by atoms with van der Waals surface area (Å²) in [5.74, 6) is 1.65. The largest absolute Gasteiger partial charge is 0.494 e. The van der Waals surface area contributed by atoms with E-state index in [0.717, 1.165) is 44.2 Å². The maximum atomic E-state index is 12.2. The first-order valence-electron chi connectivity index (χ1n) is 11.4. The van der Waals surface area contributed by atoms with Crippen LogP contribution in [0.3, 0.4) is 0 Å². The molecule has 0 saturated carbocycles. The number of carbonyl (C=O) groups excluding carboxylic acids is 1. The summed E-state index contributed by atoms with van der Waals surface area (Å²) in [7, 11) is 7.64. The molecular formula is C24H33N7O3. The molecule has 2 aliphatic heterocycles. The second kappa shape index (κ2) is 10.3. The van der Waals surface area contributed by atoms with Crippen LogP contribution in [0.25, 0.3) is 0 Å². The lowest BCUT2D eigenvalue weighted by molar-refractivity contribution is -0.111. The van der Waals surface area contributed by atoms with E-state index >= 15 is 0 Å². The summed E-state index contributed by atoms with van der Waals surface area (Å²) >= 11 is 0. The number of methoxy groups -OCH3 is 1. The highest BCUT2D eigenvalue weighted by Crippen LogP contribution is 2.38. The van der Waals surface area contributed by atoms with Crippen molar-refractivity contribution in [2.24, 2.45) is 0 Å². The van der Waals surface area contributed by atoms with Crippen LogP contribution in [0.4, 0.5) is 28.8 Å². The average Bonchev–Trinajstić information content (AvgIpc) is 3.47. The quantitative estimate of drug-likeness (QED) is 0.511. The number of amides is 1. The molecule has 0 unspecified atom stereocenters. The van der Waals surface area contributed by atoms with Crippen molar-refractivity contribution >= 4 is 34.7 Å². The Kier molecular flexibility index (Phi) is 7.18. The summed E-state index contributed by atoms with van der Waals surface area (Å²) in [5.41, 5.74) is 2.12. The van der Waals surface area contributed by atoms with Crippen LogP contribution in [-0.2, 0) is 9.53 Å². The van der Waals surface area contributed by atoms with E-state index in [9.17, 15) is 4.79 Å². The molecule has 0 aliphatic carbocycles. The fourth-order valence-corrected chi connectivity index (χ4v) is 4.28. The zero-order valence-electron chi connectivity index (χ0n) is 20.2. The zero-order valence-corrected chi connectivity index (χ0v) is 20.2. The van der Waals surface area contributed by atoms with Crippen LogP contribution < -0.4 is 25.2 Å². The molecular weight excluding hydrogens is 434 g/mol. The van der Waals surface area contributed by atoms with E-state index < -0.39 is 0 Å². The van der Waals surface area contributed by atoms with Crippen molar-refractivity contribution < 1.29 is 14.3 Å². The van der Waals surface area contributed by atoms with Gasteiger partial charge in [0.1, 0.15) is 11.6 Å². The Hall–Kier alpha value is -3.37. The molecule has 2 aliphatic rings. The molecule has 34 heavy (non-hydrogen) atoms. The van der Waals surface area contributed by atoms with Crippen LogP contribution in [0, 0.1) is 0 Å². The molecule has 2 saturated heterocycles. The van der Waals surface area contributed by atoms with Crippen molar-refractivity contribution in [1.82, 2.24) is 14.9 Å². The SMILES string of the molecule is C=CC(=O)Nc1cc(Nc2nccc(N3C[C@@H]4C[C@H]3CO4)n2)c(OC)cc1N(C)CCN(C)C. The number of rotatable bonds is 10. The fourth-order valence-electron chi connectivity index (χ4n) is 4.28. The summed E-state index contributed by atoms with van der Waals surface area (Å²) in [6.45, 7) is 6.78. The van der Waals surface area contributed by atoms with Crippen molar-refractivity contribution in [2.45, 2.75) is 18.6 Å². The zero-order chi connectivity index (χ0) is 24.2. The first-order chi connectivity index (χ1) is 16.4. The molecule has 1 aromatic carbocycles. The normalized spacial score (nSPS) is 18.8. The monoisotopic (exact) mass is 467 g/mol. The van der Waals surface area contributed by atoms with Crippen LogP contribution in [-0.4, -0.2) is 87.4 Å². The summed E-state index contributed by atoms with van der Waals surface area (Å²) in [5, 5.41) is 6.18. The molecule has 2 N–H and O–H groups in total. The van der Waals surface area contributed by atoms with Gasteiger partial charge in [-0.25, -0.2) is 4.98 Å². The molecule has 0 spiro atoms. The number of carbonyl (C=O) groups is 1. The molecule has 2 fully saturated rings. The number of hydrogen-bond acceptors (Lipinski definition) is 9. The number of nitrogens with one attached hydrogen (secondary N) is 2. The third-order valence-electron chi connectivity index (χ3n) is 6.14. The molecule has 10 heteroatoms. The Morgan fingerprint density at radius 2 is 2.15 bits per heavy atom. The van der Waals surface area contributed by atoms with Crippen molar-refractivity contribution in [3.05, 3.63) is 37.1 Å². The number of morpholine rings is 1. The van der Waals surface area contributed by atoms with Gasteiger partial charge >= 0.3 is 0 Å². The third-order valence-corrected chi connectivity index (χ3v) is 6.14. The maximum Gasteiger partial charge on any atom is 0.247 e. The number of fused-ring (bicyclic) bond motifs is 2. The van der Waals surface area contributed by atoms with Gasteiger partial charge in [0.05, 0.1) is 42.9 Å². The topological polar surface area (TPSA) is 95.1 Å². The maximum absolute atomic E-state index is 12.2. The Morgan fingerprint density at radius 1 is 1.32 bits per heavy atom. The van der Waals surface area contributed by atoms with Crippen molar-refractivity contribution in [2.75, 3.05) is 74.9 Å². The number of anilines is 5. The van der Waals surface area contributed by atoms with Crippen LogP contribution >= 0.6 is 0 Å². The van der Waals surface area contributed by atoms with E-state index in [-0.39, 0.29) is 12.0 Å². The minimum absolute atomic E-state index is 0.282. The first-order valence-corrected chi connectivity index (χ1v) is 11.4. The molecule has 10 nitrogen and oxygen atoms in total. The predicted octanol–water partition coefficient (Wildman–Crippen LogP) is 2.33. The molecule has 2 bridgehead atoms. The van der Waals surface area contributed by atoms with Crippen molar-refractivity contribution in [1.29, 1.82) is 0 Å². The summed E-state index contributed by atoms with van der Waals surface area (Å²) in [6.07, 6.45) is 4.31. The van der Waals surface area contributed by atoms with E-state index in [2.05, 4.69) is 36.9 Å². The van der Waals surface area contributed by atoms with Crippen LogP contribution in [0.15, 0.2) is 37.1 Å². The van der Waals surface area contributed by atoms with E-state index in [1.807, 2.05) is 39.3 Å². The number of aromatic nitrogens is 2. The van der Waals surface area contributed by atoms with Gasteiger partial charge in [-0.2, -0.15) is 4.98 Å². The molecule has 2 atom stereocenters. The Morgan fingerprint density at radius 3 is 2.79 bits per heavy atom.